The number of furan rings is 1. The lowest BCUT2D eigenvalue weighted by molar-refractivity contribution is 0.601. The van der Waals surface area contributed by atoms with Crippen LogP contribution < -0.4 is 0 Å². The zero-order chi connectivity index (χ0) is 27.1. The molecule has 6 aromatic carbocycles. The summed E-state index contributed by atoms with van der Waals surface area (Å²) in [6.45, 7) is 5.91. The van der Waals surface area contributed by atoms with Crippen LogP contribution in [-0.4, -0.2) is 0 Å². The molecule has 0 saturated heterocycles. The first-order valence-corrected chi connectivity index (χ1v) is 13.6. The molecule has 0 bridgehead atoms. The van der Waals surface area contributed by atoms with Crippen molar-refractivity contribution in [1.29, 1.82) is 0 Å². The minimum absolute atomic E-state index is 0.871. The minimum atomic E-state index is 0.871. The molecule has 1 heterocycles. The minimum Gasteiger partial charge on any atom is -0.456 e. The molecule has 0 amide bonds. The molecule has 7 aromatic rings. The van der Waals surface area contributed by atoms with Gasteiger partial charge in [-0.3, -0.25) is 0 Å². The van der Waals surface area contributed by atoms with E-state index in [4.69, 9.17) is 4.42 Å². The van der Waals surface area contributed by atoms with Crippen molar-refractivity contribution in [3.05, 3.63) is 151 Å². The number of benzene rings is 6. The van der Waals surface area contributed by atoms with Crippen LogP contribution in [0.2, 0.25) is 0 Å². The van der Waals surface area contributed by atoms with Crippen molar-refractivity contribution in [3.8, 4) is 33.4 Å². The Balaban J connectivity index is 1.51. The molecule has 0 atom stereocenters. The topological polar surface area (TPSA) is 13.1 Å². The van der Waals surface area contributed by atoms with Crippen LogP contribution in [0.15, 0.2) is 144 Å². The van der Waals surface area contributed by atoms with Gasteiger partial charge in [-0.05, 0) is 86.1 Å². The summed E-state index contributed by atoms with van der Waals surface area (Å²) in [6.07, 6.45) is 5.66. The first-order valence-electron chi connectivity index (χ1n) is 13.6. The molecule has 0 unspecified atom stereocenters. The summed E-state index contributed by atoms with van der Waals surface area (Å²) in [4.78, 5) is 0. The largest absolute Gasteiger partial charge is 0.456 e. The molecule has 0 aliphatic carbocycles. The summed E-state index contributed by atoms with van der Waals surface area (Å²) in [6, 6.07) is 43.7. The van der Waals surface area contributed by atoms with Gasteiger partial charge in [0.05, 0.1) is 0 Å². The van der Waals surface area contributed by atoms with Crippen LogP contribution in [-0.2, 0) is 0 Å². The van der Waals surface area contributed by atoms with Gasteiger partial charge in [0.2, 0.25) is 0 Å². The molecule has 0 aliphatic rings. The average molecular weight is 513 g/mol. The highest BCUT2D eigenvalue weighted by Crippen LogP contribution is 2.45. The summed E-state index contributed by atoms with van der Waals surface area (Å²) in [5.74, 6) is 0.871. The van der Waals surface area contributed by atoms with E-state index in [1.165, 1.54) is 54.9 Å². The third-order valence-electron chi connectivity index (χ3n) is 7.84. The normalized spacial score (nSPS) is 11.6. The Hall–Kier alpha value is -5.14. The Morgan fingerprint density at radius 1 is 0.525 bits per heavy atom. The van der Waals surface area contributed by atoms with Crippen LogP contribution >= 0.6 is 0 Å². The first-order chi connectivity index (χ1) is 19.7. The average Bonchev–Trinajstić information content (AvgIpc) is 3.33. The van der Waals surface area contributed by atoms with Gasteiger partial charge >= 0.3 is 0 Å². The second-order valence-corrected chi connectivity index (χ2v) is 10.2. The second kappa shape index (κ2) is 9.87. The van der Waals surface area contributed by atoms with E-state index in [0.29, 0.717) is 0 Å². The Bertz CT molecular complexity index is 2020. The third kappa shape index (κ3) is 3.95. The highest BCUT2D eigenvalue weighted by Gasteiger charge is 2.18. The molecule has 0 aliphatic heterocycles. The molecule has 190 valence electrons. The van der Waals surface area contributed by atoms with Gasteiger partial charge in [-0.25, -0.2) is 0 Å². The van der Waals surface area contributed by atoms with Crippen LogP contribution in [0.25, 0.3) is 72.0 Å². The van der Waals surface area contributed by atoms with Crippen LogP contribution in [0.3, 0.4) is 0 Å². The fourth-order valence-electron chi connectivity index (χ4n) is 5.95. The summed E-state index contributed by atoms with van der Waals surface area (Å²) < 4.78 is 6.16. The maximum absolute atomic E-state index is 6.16. The third-order valence-corrected chi connectivity index (χ3v) is 7.84. The second-order valence-electron chi connectivity index (χ2n) is 10.2. The maximum atomic E-state index is 6.16. The van der Waals surface area contributed by atoms with Gasteiger partial charge in [0.1, 0.15) is 11.3 Å². The molecule has 0 saturated carbocycles. The Morgan fingerprint density at radius 2 is 1.07 bits per heavy atom. The molecule has 0 spiro atoms. The highest BCUT2D eigenvalue weighted by atomic mass is 16.3. The van der Waals surface area contributed by atoms with Crippen molar-refractivity contribution in [1.82, 2.24) is 0 Å². The number of rotatable bonds is 5. The lowest BCUT2D eigenvalue weighted by atomic mass is 9.85. The van der Waals surface area contributed by atoms with Gasteiger partial charge in [0.25, 0.3) is 0 Å². The lowest BCUT2D eigenvalue weighted by Crippen LogP contribution is -1.91. The van der Waals surface area contributed by atoms with Crippen molar-refractivity contribution < 1.29 is 4.42 Å². The van der Waals surface area contributed by atoms with E-state index in [2.05, 4.69) is 135 Å². The van der Waals surface area contributed by atoms with E-state index in [1.54, 1.807) is 6.08 Å². The molecule has 0 fully saturated rings. The van der Waals surface area contributed by atoms with Gasteiger partial charge in [-0.1, -0.05) is 122 Å². The zero-order valence-corrected chi connectivity index (χ0v) is 22.4. The smallest absolute Gasteiger partial charge is 0.135 e. The molecule has 1 heteroatoms. The van der Waals surface area contributed by atoms with Crippen LogP contribution in [0.1, 0.15) is 11.3 Å². The lowest BCUT2D eigenvalue weighted by Gasteiger charge is -2.18. The van der Waals surface area contributed by atoms with Crippen molar-refractivity contribution in [2.24, 2.45) is 0 Å². The predicted octanol–water partition coefficient (Wildman–Crippen LogP) is 11.2. The molecular formula is C39H28O. The Morgan fingerprint density at radius 3 is 1.70 bits per heavy atom. The van der Waals surface area contributed by atoms with Crippen molar-refractivity contribution in [2.75, 3.05) is 0 Å². The molecule has 7 rings (SSSR count). The van der Waals surface area contributed by atoms with Gasteiger partial charge in [-0.15, -0.1) is 0 Å². The standard InChI is InChI=1S/C39H28O/c1-3-4-21-36-26(2)35-25-30(22-23-37(35)40-36)39-33-19-10-8-17-31(33)38(32-18-9-11-20-34(32)39)29-16-12-15-28(24-29)27-13-6-5-7-14-27/h3-25H,1H2,2H3/b21-4-. The quantitative estimate of drug-likeness (QED) is 0.165. The van der Waals surface area contributed by atoms with Crippen molar-refractivity contribution in [2.45, 2.75) is 6.92 Å². The van der Waals surface area contributed by atoms with E-state index in [1.807, 2.05) is 12.2 Å². The van der Waals surface area contributed by atoms with E-state index in [-0.39, 0.29) is 0 Å². The SMILES string of the molecule is C=C/C=C\c1oc2ccc(-c3c4ccccc4c(-c4cccc(-c5ccccc5)c4)c4ccccc34)cc2c1C. The Labute approximate surface area is 234 Å². The van der Waals surface area contributed by atoms with Gasteiger partial charge < -0.3 is 4.42 Å². The molecule has 1 aromatic heterocycles. The summed E-state index contributed by atoms with van der Waals surface area (Å²) in [5, 5.41) is 6.12. The van der Waals surface area contributed by atoms with Crippen molar-refractivity contribution in [3.63, 3.8) is 0 Å². The predicted molar refractivity (Wildman–Crippen MR) is 172 cm³/mol. The van der Waals surface area contributed by atoms with Gasteiger partial charge in [0, 0.05) is 10.9 Å². The molecule has 0 N–H and O–H groups in total. The number of hydrogen-bond acceptors (Lipinski definition) is 1. The number of fused-ring (bicyclic) bond motifs is 3. The maximum Gasteiger partial charge on any atom is 0.135 e. The van der Waals surface area contributed by atoms with Crippen molar-refractivity contribution >= 4 is 38.6 Å². The van der Waals surface area contributed by atoms with Gasteiger partial charge in [0.15, 0.2) is 0 Å². The van der Waals surface area contributed by atoms with Crippen LogP contribution in [0.5, 0.6) is 0 Å². The van der Waals surface area contributed by atoms with Gasteiger partial charge in [-0.2, -0.15) is 0 Å². The zero-order valence-electron chi connectivity index (χ0n) is 22.4. The van der Waals surface area contributed by atoms with E-state index < -0.39 is 0 Å². The molecular weight excluding hydrogens is 484 g/mol. The molecule has 1 nitrogen and oxygen atoms in total. The molecule has 40 heavy (non-hydrogen) atoms. The van der Waals surface area contributed by atoms with E-state index in [0.717, 1.165) is 22.3 Å². The number of hydrogen-bond donors (Lipinski definition) is 0. The van der Waals surface area contributed by atoms with E-state index in [9.17, 15) is 0 Å². The number of aryl methyl sites for hydroxylation is 1. The fraction of sp³-hybridized carbons (Fsp3) is 0.0256. The monoisotopic (exact) mass is 512 g/mol. The summed E-state index contributed by atoms with van der Waals surface area (Å²) in [5.41, 5.74) is 9.40. The van der Waals surface area contributed by atoms with E-state index >= 15 is 0 Å². The molecule has 0 radical (unpaired) electrons. The summed E-state index contributed by atoms with van der Waals surface area (Å²) >= 11 is 0. The highest BCUT2D eigenvalue weighted by molar-refractivity contribution is 6.21. The summed E-state index contributed by atoms with van der Waals surface area (Å²) in [7, 11) is 0. The number of allylic oxidation sites excluding steroid dienone is 2. The first kappa shape index (κ1) is 23.9. The van der Waals surface area contributed by atoms with Crippen LogP contribution in [0, 0.1) is 6.92 Å². The Kier molecular flexibility index (Phi) is 5.91. The fourth-order valence-corrected chi connectivity index (χ4v) is 5.95. The van der Waals surface area contributed by atoms with Crippen LogP contribution in [0.4, 0.5) is 0 Å².